The number of benzene rings is 1. The molecular weight excluding hydrogens is 214 g/mol. The summed E-state index contributed by atoms with van der Waals surface area (Å²) < 4.78 is 5.12. The summed E-state index contributed by atoms with van der Waals surface area (Å²) in [5.74, 6) is 1.08. The number of rotatable bonds is 5. The van der Waals surface area contributed by atoms with Gasteiger partial charge in [-0.05, 0) is 31.8 Å². The normalized spacial score (nSPS) is 12.9. The van der Waals surface area contributed by atoms with Gasteiger partial charge in [-0.25, -0.2) is 0 Å². The maximum absolute atomic E-state index is 12.2. The molecule has 3 heteroatoms. The van der Waals surface area contributed by atoms with Crippen molar-refractivity contribution in [2.75, 3.05) is 21.2 Å². The maximum Gasteiger partial charge on any atom is 0.156 e. The zero-order chi connectivity index (χ0) is 13.0. The average molecular weight is 235 g/mol. The molecule has 0 spiro atoms. The second-order valence-corrected chi connectivity index (χ2v) is 4.70. The standard InChI is InChI=1S/C14H21NO2/c1-10(2)14(16)13(15(3)4)11-6-8-12(17-5)9-7-11/h6-10,13H,1-5H3. The topological polar surface area (TPSA) is 29.5 Å². The first-order chi connectivity index (χ1) is 7.97. The lowest BCUT2D eigenvalue weighted by Crippen LogP contribution is -2.30. The number of methoxy groups -OCH3 is 1. The van der Waals surface area contributed by atoms with Crippen molar-refractivity contribution in [3.05, 3.63) is 29.8 Å². The fourth-order valence-electron chi connectivity index (χ4n) is 1.82. The van der Waals surface area contributed by atoms with Gasteiger partial charge in [0.15, 0.2) is 5.78 Å². The van der Waals surface area contributed by atoms with Crippen LogP contribution in [0.3, 0.4) is 0 Å². The number of nitrogens with zero attached hydrogens (tertiary/aromatic N) is 1. The molecule has 0 fully saturated rings. The predicted molar refractivity (Wildman–Crippen MR) is 69.3 cm³/mol. The van der Waals surface area contributed by atoms with Gasteiger partial charge in [-0.3, -0.25) is 9.69 Å². The lowest BCUT2D eigenvalue weighted by Gasteiger charge is -2.25. The summed E-state index contributed by atoms with van der Waals surface area (Å²) in [5.41, 5.74) is 1.01. The van der Waals surface area contributed by atoms with E-state index in [2.05, 4.69) is 0 Å². The molecule has 0 N–H and O–H groups in total. The van der Waals surface area contributed by atoms with Crippen LogP contribution in [-0.4, -0.2) is 31.9 Å². The monoisotopic (exact) mass is 235 g/mol. The predicted octanol–water partition coefficient (Wildman–Crippen LogP) is 2.52. The Labute approximate surface area is 103 Å². The molecule has 94 valence electrons. The minimum Gasteiger partial charge on any atom is -0.497 e. The molecule has 1 atom stereocenters. The van der Waals surface area contributed by atoms with Gasteiger partial charge in [0.25, 0.3) is 0 Å². The fourth-order valence-corrected chi connectivity index (χ4v) is 1.82. The first-order valence-corrected chi connectivity index (χ1v) is 5.81. The second kappa shape index (κ2) is 5.82. The van der Waals surface area contributed by atoms with E-state index in [1.807, 2.05) is 57.1 Å². The number of likely N-dealkylation sites (N-methyl/N-ethyl adjacent to an activating group) is 1. The molecule has 0 saturated heterocycles. The number of Topliss-reactive ketones (excluding diaryl/α,β-unsaturated/α-hetero) is 1. The number of hydrogen-bond donors (Lipinski definition) is 0. The largest absolute Gasteiger partial charge is 0.497 e. The summed E-state index contributed by atoms with van der Waals surface area (Å²) in [5, 5.41) is 0. The van der Waals surface area contributed by atoms with E-state index in [0.29, 0.717) is 0 Å². The first kappa shape index (κ1) is 13.7. The van der Waals surface area contributed by atoms with Crippen molar-refractivity contribution in [2.24, 2.45) is 5.92 Å². The SMILES string of the molecule is COc1ccc(C(C(=O)C(C)C)N(C)C)cc1. The van der Waals surface area contributed by atoms with Crippen LogP contribution in [0.15, 0.2) is 24.3 Å². The second-order valence-electron chi connectivity index (χ2n) is 4.70. The number of carbonyl (C=O) groups is 1. The summed E-state index contributed by atoms with van der Waals surface area (Å²) in [7, 11) is 5.49. The molecular formula is C14H21NO2. The van der Waals surface area contributed by atoms with Gasteiger partial charge in [0, 0.05) is 5.92 Å². The van der Waals surface area contributed by atoms with E-state index in [1.54, 1.807) is 7.11 Å². The fraction of sp³-hybridized carbons (Fsp3) is 0.500. The van der Waals surface area contributed by atoms with Crippen LogP contribution in [0.25, 0.3) is 0 Å². The van der Waals surface area contributed by atoms with Crippen molar-refractivity contribution in [3.8, 4) is 5.75 Å². The smallest absolute Gasteiger partial charge is 0.156 e. The van der Waals surface area contributed by atoms with E-state index in [9.17, 15) is 4.79 Å². The molecule has 0 radical (unpaired) electrons. The Bertz CT molecular complexity index is 368. The van der Waals surface area contributed by atoms with Gasteiger partial charge >= 0.3 is 0 Å². The zero-order valence-electron chi connectivity index (χ0n) is 11.2. The minimum atomic E-state index is -0.180. The van der Waals surface area contributed by atoms with Crippen molar-refractivity contribution in [3.63, 3.8) is 0 Å². The summed E-state index contributed by atoms with van der Waals surface area (Å²) in [4.78, 5) is 14.1. The van der Waals surface area contributed by atoms with Crippen molar-refractivity contribution in [2.45, 2.75) is 19.9 Å². The van der Waals surface area contributed by atoms with Crippen LogP contribution in [0.5, 0.6) is 5.75 Å². The van der Waals surface area contributed by atoms with Crippen molar-refractivity contribution in [1.82, 2.24) is 4.90 Å². The van der Waals surface area contributed by atoms with Gasteiger partial charge in [0.05, 0.1) is 13.2 Å². The number of carbonyl (C=O) groups excluding carboxylic acids is 1. The van der Waals surface area contributed by atoms with Crippen LogP contribution in [0, 0.1) is 5.92 Å². The third kappa shape index (κ3) is 3.30. The van der Waals surface area contributed by atoms with Gasteiger partial charge in [-0.1, -0.05) is 26.0 Å². The minimum absolute atomic E-state index is 0.0319. The van der Waals surface area contributed by atoms with Crippen LogP contribution in [-0.2, 0) is 4.79 Å². The highest BCUT2D eigenvalue weighted by molar-refractivity contribution is 5.86. The number of ketones is 1. The molecule has 0 aromatic heterocycles. The van der Waals surface area contributed by atoms with Crippen LogP contribution in [0.2, 0.25) is 0 Å². The molecule has 1 rings (SSSR count). The number of hydrogen-bond acceptors (Lipinski definition) is 3. The van der Waals surface area contributed by atoms with Crippen LogP contribution >= 0.6 is 0 Å². The molecule has 0 aliphatic carbocycles. The Balaban J connectivity index is 3.01. The molecule has 1 unspecified atom stereocenters. The molecule has 0 amide bonds. The molecule has 0 aliphatic rings. The van der Waals surface area contributed by atoms with Gasteiger partial charge in [0.2, 0.25) is 0 Å². The van der Waals surface area contributed by atoms with E-state index >= 15 is 0 Å². The Hall–Kier alpha value is -1.35. The Kier molecular flexibility index (Phi) is 4.70. The lowest BCUT2D eigenvalue weighted by molar-refractivity contribution is -0.126. The Morgan fingerprint density at radius 3 is 2.06 bits per heavy atom. The molecule has 0 aliphatic heterocycles. The van der Waals surface area contributed by atoms with E-state index in [-0.39, 0.29) is 17.7 Å². The van der Waals surface area contributed by atoms with Crippen LogP contribution < -0.4 is 4.74 Å². The van der Waals surface area contributed by atoms with Gasteiger partial charge in [0.1, 0.15) is 5.75 Å². The highest BCUT2D eigenvalue weighted by atomic mass is 16.5. The lowest BCUT2D eigenvalue weighted by atomic mass is 9.94. The average Bonchev–Trinajstić information content (AvgIpc) is 2.29. The summed E-state index contributed by atoms with van der Waals surface area (Å²) in [6.07, 6.45) is 0. The third-order valence-electron chi connectivity index (χ3n) is 2.79. The van der Waals surface area contributed by atoms with Crippen molar-refractivity contribution in [1.29, 1.82) is 0 Å². The van der Waals surface area contributed by atoms with Gasteiger partial charge < -0.3 is 4.74 Å². The highest BCUT2D eigenvalue weighted by Crippen LogP contribution is 2.24. The van der Waals surface area contributed by atoms with Crippen molar-refractivity contribution >= 4 is 5.78 Å². The maximum atomic E-state index is 12.2. The zero-order valence-corrected chi connectivity index (χ0v) is 11.2. The van der Waals surface area contributed by atoms with E-state index in [1.165, 1.54) is 0 Å². The highest BCUT2D eigenvalue weighted by Gasteiger charge is 2.24. The summed E-state index contributed by atoms with van der Waals surface area (Å²) in [6, 6.07) is 7.49. The van der Waals surface area contributed by atoms with Crippen LogP contribution in [0.4, 0.5) is 0 Å². The van der Waals surface area contributed by atoms with E-state index in [4.69, 9.17) is 4.74 Å². The van der Waals surface area contributed by atoms with Crippen molar-refractivity contribution < 1.29 is 9.53 Å². The molecule has 3 nitrogen and oxygen atoms in total. The molecule has 0 bridgehead atoms. The molecule has 0 heterocycles. The number of ether oxygens (including phenoxy) is 1. The van der Waals surface area contributed by atoms with Gasteiger partial charge in [-0.2, -0.15) is 0 Å². The summed E-state index contributed by atoms with van der Waals surface area (Å²) in [6.45, 7) is 3.87. The molecule has 17 heavy (non-hydrogen) atoms. The molecule has 0 saturated carbocycles. The van der Waals surface area contributed by atoms with E-state index in [0.717, 1.165) is 11.3 Å². The third-order valence-corrected chi connectivity index (χ3v) is 2.79. The quantitative estimate of drug-likeness (QED) is 0.785. The summed E-state index contributed by atoms with van der Waals surface area (Å²) >= 11 is 0. The molecule has 1 aromatic rings. The first-order valence-electron chi connectivity index (χ1n) is 5.81. The van der Waals surface area contributed by atoms with Gasteiger partial charge in [-0.15, -0.1) is 0 Å². The Morgan fingerprint density at radius 1 is 1.18 bits per heavy atom. The van der Waals surface area contributed by atoms with Crippen LogP contribution in [0.1, 0.15) is 25.5 Å². The Morgan fingerprint density at radius 2 is 1.71 bits per heavy atom. The van der Waals surface area contributed by atoms with E-state index < -0.39 is 0 Å². The molecule has 1 aromatic carbocycles.